The molecule has 0 aliphatic rings. The molecule has 0 fully saturated rings. The van der Waals surface area contributed by atoms with Crippen molar-refractivity contribution in [3.8, 4) is 0 Å². The Morgan fingerprint density at radius 2 is 1.83 bits per heavy atom. The molecule has 6 nitrogen and oxygen atoms in total. The van der Waals surface area contributed by atoms with Crippen LogP contribution in [0.3, 0.4) is 0 Å². The Hall–Kier alpha value is -2.02. The van der Waals surface area contributed by atoms with E-state index >= 15 is 0 Å². The van der Waals surface area contributed by atoms with Crippen LogP contribution in [-0.2, 0) is 19.1 Å². The number of nitrogens with one attached hydrogen (secondary N) is 1. The first-order valence-electron chi connectivity index (χ1n) is 7.61. The number of carbonyl (C=O) groups is 3. The molecule has 0 aliphatic carbocycles. The fourth-order valence-corrected chi connectivity index (χ4v) is 2.36. The first kappa shape index (κ1) is 20.0. The van der Waals surface area contributed by atoms with Gasteiger partial charge in [-0.2, -0.15) is 0 Å². The molecule has 7 heteroatoms. The topological polar surface area (TPSA) is 81.7 Å². The molecule has 0 radical (unpaired) electrons. The molecule has 2 atom stereocenters. The van der Waals surface area contributed by atoms with Gasteiger partial charge in [-0.25, -0.2) is 9.59 Å². The Kier molecular flexibility index (Phi) is 8.32. The van der Waals surface area contributed by atoms with Crippen LogP contribution < -0.4 is 5.32 Å². The lowest BCUT2D eigenvalue weighted by Gasteiger charge is -2.21. The van der Waals surface area contributed by atoms with Gasteiger partial charge >= 0.3 is 11.9 Å². The summed E-state index contributed by atoms with van der Waals surface area (Å²) in [5.41, 5.74) is 0.368. The van der Waals surface area contributed by atoms with Crippen LogP contribution in [0.1, 0.15) is 30.6 Å². The molecular formula is C17H23NO5S. The number of methoxy groups -OCH3 is 1. The third-order valence-corrected chi connectivity index (χ3v) is 4.39. The normalized spacial score (nSPS) is 12.8. The number of amides is 1. The first-order chi connectivity index (χ1) is 11.4. The minimum Gasteiger partial charge on any atom is -0.467 e. The summed E-state index contributed by atoms with van der Waals surface area (Å²) in [4.78, 5) is 36.6. The van der Waals surface area contributed by atoms with E-state index in [2.05, 4.69) is 10.1 Å². The molecule has 0 aromatic heterocycles. The summed E-state index contributed by atoms with van der Waals surface area (Å²) in [5, 5.41) is 2.55. The standard InChI is InChI=1S/C17H23NO5S/c1-5-11(2)15(17(21)22-3)18-14(19)10-23-16(20)12-6-8-13(24-4)9-7-12/h6-9,11,15H,5,10H2,1-4H3,(H,18,19)/t11-,15+/m1/s1. The zero-order valence-corrected chi connectivity index (χ0v) is 15.1. The highest BCUT2D eigenvalue weighted by molar-refractivity contribution is 7.98. The number of benzene rings is 1. The molecule has 132 valence electrons. The van der Waals surface area contributed by atoms with Crippen LogP contribution >= 0.6 is 11.8 Å². The summed E-state index contributed by atoms with van der Waals surface area (Å²) in [6, 6.07) is 6.13. The second-order valence-corrected chi connectivity index (χ2v) is 6.14. The molecule has 1 amide bonds. The van der Waals surface area contributed by atoms with E-state index in [1.165, 1.54) is 7.11 Å². The number of carbonyl (C=O) groups excluding carboxylic acids is 3. The molecule has 0 saturated heterocycles. The van der Waals surface area contributed by atoms with Gasteiger partial charge in [-0.05, 0) is 36.4 Å². The maximum absolute atomic E-state index is 11.9. The second-order valence-electron chi connectivity index (χ2n) is 5.26. The molecule has 1 aromatic carbocycles. The summed E-state index contributed by atoms with van der Waals surface area (Å²) >= 11 is 1.56. The van der Waals surface area contributed by atoms with E-state index in [4.69, 9.17) is 4.74 Å². The summed E-state index contributed by atoms with van der Waals surface area (Å²) in [6.07, 6.45) is 2.63. The smallest absolute Gasteiger partial charge is 0.338 e. The van der Waals surface area contributed by atoms with Gasteiger partial charge in [0.05, 0.1) is 12.7 Å². The fourth-order valence-electron chi connectivity index (χ4n) is 1.95. The van der Waals surface area contributed by atoms with Crippen molar-refractivity contribution in [2.24, 2.45) is 5.92 Å². The van der Waals surface area contributed by atoms with Crippen molar-refractivity contribution in [2.75, 3.05) is 20.0 Å². The molecule has 0 heterocycles. The van der Waals surface area contributed by atoms with Crippen molar-refractivity contribution in [3.63, 3.8) is 0 Å². The van der Waals surface area contributed by atoms with Gasteiger partial charge in [-0.3, -0.25) is 4.79 Å². The maximum Gasteiger partial charge on any atom is 0.338 e. The lowest BCUT2D eigenvalue weighted by atomic mass is 9.99. The van der Waals surface area contributed by atoms with Gasteiger partial charge in [0.2, 0.25) is 0 Å². The van der Waals surface area contributed by atoms with E-state index in [1.807, 2.05) is 20.1 Å². The van der Waals surface area contributed by atoms with Crippen molar-refractivity contribution >= 4 is 29.6 Å². The van der Waals surface area contributed by atoms with E-state index in [9.17, 15) is 14.4 Å². The minimum absolute atomic E-state index is 0.0869. The Balaban J connectivity index is 2.57. The zero-order chi connectivity index (χ0) is 18.1. The Morgan fingerprint density at radius 1 is 1.21 bits per heavy atom. The zero-order valence-electron chi connectivity index (χ0n) is 14.3. The highest BCUT2D eigenvalue weighted by Crippen LogP contribution is 2.15. The van der Waals surface area contributed by atoms with Crippen LogP contribution in [0.5, 0.6) is 0 Å². The predicted molar refractivity (Wildman–Crippen MR) is 91.9 cm³/mol. The van der Waals surface area contributed by atoms with Crippen LogP contribution in [0.25, 0.3) is 0 Å². The number of esters is 2. The number of thioether (sulfide) groups is 1. The lowest BCUT2D eigenvalue weighted by Crippen LogP contribution is -2.47. The summed E-state index contributed by atoms with van der Waals surface area (Å²) in [6.45, 7) is 3.29. The maximum atomic E-state index is 11.9. The van der Waals surface area contributed by atoms with Gasteiger partial charge in [0.25, 0.3) is 5.91 Å². The van der Waals surface area contributed by atoms with Crippen molar-refractivity contribution in [1.82, 2.24) is 5.32 Å². The Morgan fingerprint density at radius 3 is 2.33 bits per heavy atom. The molecule has 0 aliphatic heterocycles. The number of rotatable bonds is 8. The van der Waals surface area contributed by atoms with Crippen molar-refractivity contribution in [3.05, 3.63) is 29.8 Å². The van der Waals surface area contributed by atoms with Gasteiger partial charge in [-0.1, -0.05) is 20.3 Å². The average Bonchev–Trinajstić information content (AvgIpc) is 2.62. The largest absolute Gasteiger partial charge is 0.467 e. The van der Waals surface area contributed by atoms with Gasteiger partial charge in [0, 0.05) is 4.90 Å². The van der Waals surface area contributed by atoms with Gasteiger partial charge in [0.1, 0.15) is 6.04 Å². The third kappa shape index (κ3) is 5.88. The molecule has 0 saturated carbocycles. The monoisotopic (exact) mass is 353 g/mol. The first-order valence-corrected chi connectivity index (χ1v) is 8.83. The quantitative estimate of drug-likeness (QED) is 0.570. The van der Waals surface area contributed by atoms with E-state index in [0.717, 1.165) is 4.90 Å². The molecule has 1 aromatic rings. The molecule has 1 rings (SSSR count). The summed E-state index contributed by atoms with van der Waals surface area (Å²) < 4.78 is 9.67. The lowest BCUT2D eigenvalue weighted by molar-refractivity contribution is -0.147. The Labute approximate surface area is 146 Å². The number of hydrogen-bond donors (Lipinski definition) is 1. The molecule has 0 spiro atoms. The molecule has 0 bridgehead atoms. The highest BCUT2D eigenvalue weighted by atomic mass is 32.2. The third-order valence-electron chi connectivity index (χ3n) is 3.64. The van der Waals surface area contributed by atoms with Crippen LogP contribution in [0.4, 0.5) is 0 Å². The van der Waals surface area contributed by atoms with Gasteiger partial charge in [0.15, 0.2) is 6.61 Å². The highest BCUT2D eigenvalue weighted by Gasteiger charge is 2.27. The van der Waals surface area contributed by atoms with Crippen molar-refractivity contribution < 1.29 is 23.9 Å². The number of hydrogen-bond acceptors (Lipinski definition) is 6. The van der Waals surface area contributed by atoms with Crippen molar-refractivity contribution in [2.45, 2.75) is 31.2 Å². The average molecular weight is 353 g/mol. The SMILES string of the molecule is CC[C@@H](C)[C@H](NC(=O)COC(=O)c1ccc(SC)cc1)C(=O)OC. The van der Waals surface area contributed by atoms with Gasteiger partial charge < -0.3 is 14.8 Å². The van der Waals surface area contributed by atoms with E-state index in [0.29, 0.717) is 12.0 Å². The summed E-state index contributed by atoms with van der Waals surface area (Å²) in [7, 11) is 1.27. The van der Waals surface area contributed by atoms with Crippen LogP contribution in [-0.4, -0.2) is 43.9 Å². The van der Waals surface area contributed by atoms with Crippen LogP contribution in [0.15, 0.2) is 29.2 Å². The van der Waals surface area contributed by atoms with E-state index < -0.39 is 30.5 Å². The molecular weight excluding hydrogens is 330 g/mol. The van der Waals surface area contributed by atoms with Crippen LogP contribution in [0.2, 0.25) is 0 Å². The fraction of sp³-hybridized carbons (Fsp3) is 0.471. The van der Waals surface area contributed by atoms with E-state index in [-0.39, 0.29) is 5.92 Å². The van der Waals surface area contributed by atoms with Gasteiger partial charge in [-0.15, -0.1) is 11.8 Å². The number of ether oxygens (including phenoxy) is 2. The van der Waals surface area contributed by atoms with E-state index in [1.54, 1.807) is 36.0 Å². The Bertz CT molecular complexity index is 573. The minimum atomic E-state index is -0.757. The van der Waals surface area contributed by atoms with Crippen LogP contribution in [0, 0.1) is 5.92 Å². The second kappa shape index (κ2) is 9.97. The molecule has 24 heavy (non-hydrogen) atoms. The summed E-state index contributed by atoms with van der Waals surface area (Å²) in [5.74, 6) is -1.73. The predicted octanol–water partition coefficient (Wildman–Crippen LogP) is 2.27. The van der Waals surface area contributed by atoms with Crippen molar-refractivity contribution in [1.29, 1.82) is 0 Å². The molecule has 0 unspecified atom stereocenters. The molecule has 1 N–H and O–H groups in total.